The van der Waals surface area contributed by atoms with Gasteiger partial charge in [-0.2, -0.15) is 5.10 Å². The van der Waals surface area contributed by atoms with Crippen molar-refractivity contribution in [3.8, 4) is 0 Å². The molecule has 1 aromatic rings. The minimum Gasteiger partial charge on any atom is -0.377 e. The summed E-state index contributed by atoms with van der Waals surface area (Å²) in [5, 5.41) is 4.13. The molecule has 2 fully saturated rings. The van der Waals surface area contributed by atoms with Crippen molar-refractivity contribution in [3.63, 3.8) is 0 Å². The lowest BCUT2D eigenvalue weighted by atomic mass is 9.86. The van der Waals surface area contributed by atoms with Crippen molar-refractivity contribution < 1.29 is 9.53 Å². The molecule has 0 radical (unpaired) electrons. The number of rotatable bonds is 6. The van der Waals surface area contributed by atoms with E-state index in [1.54, 1.807) is 12.7 Å². The number of hydrogen-bond donors (Lipinski definition) is 1. The second kappa shape index (κ2) is 7.19. The first-order chi connectivity index (χ1) is 10.7. The van der Waals surface area contributed by atoms with Crippen LogP contribution in [0, 0.1) is 11.8 Å². The smallest absolute Gasteiger partial charge is 0.223 e. The molecule has 2 N–H and O–H groups in total. The van der Waals surface area contributed by atoms with Crippen LogP contribution in [0.3, 0.4) is 0 Å². The summed E-state index contributed by atoms with van der Waals surface area (Å²) in [7, 11) is 0. The quantitative estimate of drug-likeness (QED) is 0.815. The Balaban J connectivity index is 1.39. The second-order valence-corrected chi connectivity index (χ2v) is 6.39. The Hall–Kier alpha value is -1.47. The molecule has 7 heteroatoms. The Morgan fingerprint density at radius 1 is 1.27 bits per heavy atom. The molecular weight excluding hydrogens is 282 g/mol. The number of aromatic nitrogens is 3. The Morgan fingerprint density at radius 2 is 2.09 bits per heavy atom. The van der Waals surface area contributed by atoms with Crippen molar-refractivity contribution in [2.75, 3.05) is 26.2 Å². The summed E-state index contributed by atoms with van der Waals surface area (Å²) < 4.78 is 7.59. The summed E-state index contributed by atoms with van der Waals surface area (Å²) in [4.78, 5) is 17.9. The van der Waals surface area contributed by atoms with Crippen molar-refractivity contribution in [1.82, 2.24) is 19.7 Å². The molecule has 0 unspecified atom stereocenters. The van der Waals surface area contributed by atoms with Gasteiger partial charge < -0.3 is 15.4 Å². The lowest BCUT2D eigenvalue weighted by molar-refractivity contribution is -0.123. The molecule has 2 aliphatic heterocycles. The predicted molar refractivity (Wildman–Crippen MR) is 80.8 cm³/mol. The van der Waals surface area contributed by atoms with Gasteiger partial charge in [0.15, 0.2) is 0 Å². The van der Waals surface area contributed by atoms with E-state index in [0.717, 1.165) is 39.0 Å². The van der Waals surface area contributed by atoms with E-state index in [1.165, 1.54) is 12.8 Å². The minimum atomic E-state index is -0.201. The van der Waals surface area contributed by atoms with Gasteiger partial charge in [0.1, 0.15) is 12.7 Å². The molecule has 0 spiro atoms. The maximum Gasteiger partial charge on any atom is 0.223 e. The van der Waals surface area contributed by atoms with Crippen LogP contribution in [-0.4, -0.2) is 57.9 Å². The lowest BCUT2D eigenvalue weighted by Gasteiger charge is -2.33. The number of piperidine rings is 1. The van der Waals surface area contributed by atoms with Crippen LogP contribution in [0.15, 0.2) is 12.7 Å². The molecule has 0 saturated carbocycles. The molecular formula is C15H25N5O2. The highest BCUT2D eigenvalue weighted by molar-refractivity contribution is 5.77. The van der Waals surface area contributed by atoms with Crippen LogP contribution in [0.25, 0.3) is 0 Å². The Labute approximate surface area is 130 Å². The highest BCUT2D eigenvalue weighted by atomic mass is 16.5. The van der Waals surface area contributed by atoms with Crippen LogP contribution in [0.1, 0.15) is 25.7 Å². The van der Waals surface area contributed by atoms with E-state index >= 15 is 0 Å². The number of amides is 1. The number of carbonyl (C=O) groups is 1. The summed E-state index contributed by atoms with van der Waals surface area (Å²) >= 11 is 0. The van der Waals surface area contributed by atoms with E-state index in [2.05, 4.69) is 15.0 Å². The Kier molecular flexibility index (Phi) is 5.04. The summed E-state index contributed by atoms with van der Waals surface area (Å²) in [6, 6.07) is 0. The van der Waals surface area contributed by atoms with E-state index in [0.29, 0.717) is 12.5 Å². The fourth-order valence-corrected chi connectivity index (χ4v) is 3.57. The van der Waals surface area contributed by atoms with E-state index in [4.69, 9.17) is 10.5 Å². The second-order valence-electron chi connectivity index (χ2n) is 6.39. The van der Waals surface area contributed by atoms with Crippen LogP contribution in [-0.2, 0) is 16.1 Å². The molecule has 1 amide bonds. The van der Waals surface area contributed by atoms with Crippen LogP contribution in [0.2, 0.25) is 0 Å². The van der Waals surface area contributed by atoms with Gasteiger partial charge in [-0.1, -0.05) is 0 Å². The standard InChI is InChI=1S/C15H25N5O2/c16-15(21)13-3-8-22-14(13)9-12-1-4-19(5-2-12)6-7-20-11-17-10-18-20/h10-14H,1-9H2,(H2,16,21)/t13-,14-/m1/s1. The molecule has 3 rings (SSSR count). The highest BCUT2D eigenvalue weighted by Crippen LogP contribution is 2.30. The van der Waals surface area contributed by atoms with Crippen LogP contribution >= 0.6 is 0 Å². The van der Waals surface area contributed by atoms with Gasteiger partial charge in [0, 0.05) is 13.2 Å². The summed E-state index contributed by atoms with van der Waals surface area (Å²) in [5.41, 5.74) is 5.46. The van der Waals surface area contributed by atoms with E-state index < -0.39 is 0 Å². The van der Waals surface area contributed by atoms with Crippen LogP contribution in [0.4, 0.5) is 0 Å². The molecule has 7 nitrogen and oxygen atoms in total. The Bertz CT molecular complexity index is 470. The largest absolute Gasteiger partial charge is 0.377 e. The Morgan fingerprint density at radius 3 is 2.77 bits per heavy atom. The van der Waals surface area contributed by atoms with Gasteiger partial charge in [0.25, 0.3) is 0 Å². The van der Waals surface area contributed by atoms with Gasteiger partial charge in [0.05, 0.1) is 18.6 Å². The monoisotopic (exact) mass is 307 g/mol. The zero-order valence-electron chi connectivity index (χ0n) is 12.9. The summed E-state index contributed by atoms with van der Waals surface area (Å²) in [6.07, 6.45) is 7.48. The number of nitrogens with two attached hydrogens (primary N) is 1. The van der Waals surface area contributed by atoms with Gasteiger partial charge in [-0.15, -0.1) is 0 Å². The molecule has 122 valence electrons. The molecule has 1 aromatic heterocycles. The van der Waals surface area contributed by atoms with E-state index in [1.807, 2.05) is 4.68 Å². The summed E-state index contributed by atoms with van der Waals surface area (Å²) in [5.74, 6) is 0.366. The van der Waals surface area contributed by atoms with Crippen molar-refractivity contribution in [3.05, 3.63) is 12.7 Å². The van der Waals surface area contributed by atoms with Crippen molar-refractivity contribution in [1.29, 1.82) is 0 Å². The van der Waals surface area contributed by atoms with Crippen LogP contribution < -0.4 is 5.73 Å². The SMILES string of the molecule is NC(=O)[C@@H]1CCO[C@@H]1CC1CCN(CCn2cncn2)CC1. The van der Waals surface area contributed by atoms with Crippen molar-refractivity contribution >= 4 is 5.91 Å². The highest BCUT2D eigenvalue weighted by Gasteiger charge is 2.34. The summed E-state index contributed by atoms with van der Waals surface area (Å²) in [6.45, 7) is 4.79. The predicted octanol–water partition coefficient (Wildman–Crippen LogP) is 0.271. The molecule has 2 aliphatic rings. The number of primary amides is 1. The van der Waals surface area contributed by atoms with Crippen molar-refractivity contribution in [2.45, 2.75) is 38.3 Å². The lowest BCUT2D eigenvalue weighted by Crippen LogP contribution is -2.38. The molecule has 2 saturated heterocycles. The maximum atomic E-state index is 11.4. The fourth-order valence-electron chi connectivity index (χ4n) is 3.57. The van der Waals surface area contributed by atoms with Gasteiger partial charge >= 0.3 is 0 Å². The normalized spacial score (nSPS) is 27.3. The molecule has 0 aliphatic carbocycles. The van der Waals surface area contributed by atoms with E-state index in [-0.39, 0.29) is 17.9 Å². The average Bonchev–Trinajstić information content (AvgIpc) is 3.17. The first-order valence-electron chi connectivity index (χ1n) is 8.18. The molecule has 22 heavy (non-hydrogen) atoms. The van der Waals surface area contributed by atoms with E-state index in [9.17, 15) is 4.79 Å². The average molecular weight is 307 g/mol. The first kappa shape index (κ1) is 15.4. The number of ether oxygens (including phenoxy) is 1. The van der Waals surface area contributed by atoms with Gasteiger partial charge in [0.2, 0.25) is 5.91 Å². The molecule has 0 aromatic carbocycles. The first-order valence-corrected chi connectivity index (χ1v) is 8.18. The zero-order valence-corrected chi connectivity index (χ0v) is 12.9. The number of nitrogens with zero attached hydrogens (tertiary/aromatic N) is 4. The third-order valence-corrected chi connectivity index (χ3v) is 4.96. The zero-order chi connectivity index (χ0) is 15.4. The van der Waals surface area contributed by atoms with Crippen molar-refractivity contribution in [2.24, 2.45) is 17.6 Å². The van der Waals surface area contributed by atoms with Gasteiger partial charge in [-0.25, -0.2) is 4.98 Å². The van der Waals surface area contributed by atoms with Crippen LogP contribution in [0.5, 0.6) is 0 Å². The van der Waals surface area contributed by atoms with Gasteiger partial charge in [-0.05, 0) is 44.7 Å². The number of likely N-dealkylation sites (tertiary alicyclic amines) is 1. The molecule has 2 atom stereocenters. The third-order valence-electron chi connectivity index (χ3n) is 4.96. The van der Waals surface area contributed by atoms with Gasteiger partial charge in [-0.3, -0.25) is 9.48 Å². The molecule has 3 heterocycles. The third kappa shape index (κ3) is 3.84. The molecule has 0 bridgehead atoms. The number of carbonyl (C=O) groups excluding carboxylic acids is 1. The minimum absolute atomic E-state index is 0.0456. The fraction of sp³-hybridized carbons (Fsp3) is 0.800. The topological polar surface area (TPSA) is 86.3 Å². The number of hydrogen-bond acceptors (Lipinski definition) is 5. The maximum absolute atomic E-state index is 11.4.